The van der Waals surface area contributed by atoms with E-state index in [0.29, 0.717) is 17.9 Å². The molecule has 4 nitrogen and oxygen atoms in total. The highest BCUT2D eigenvalue weighted by Crippen LogP contribution is 2.07. The van der Waals surface area contributed by atoms with Gasteiger partial charge in [-0.1, -0.05) is 30.3 Å². The Morgan fingerprint density at radius 1 is 1.14 bits per heavy atom. The van der Waals surface area contributed by atoms with E-state index in [1.165, 1.54) is 0 Å². The number of benzene rings is 2. The topological polar surface area (TPSA) is 70.0 Å². The number of nitrogens with one attached hydrogen (secondary N) is 1. The lowest BCUT2D eigenvalue weighted by molar-refractivity contribution is 0.0956. The van der Waals surface area contributed by atoms with Gasteiger partial charge in [0.05, 0.1) is 23.3 Å². The fraction of sp³-hybridized carbons (Fsp3) is 0.176. The van der Waals surface area contributed by atoms with Crippen LogP contribution in [0.3, 0.4) is 0 Å². The molecule has 0 radical (unpaired) electrons. The van der Waals surface area contributed by atoms with Crippen LogP contribution in [-0.4, -0.2) is 22.4 Å². The molecule has 1 amide bonds. The van der Waals surface area contributed by atoms with Gasteiger partial charge in [0.1, 0.15) is 0 Å². The standard InChI is InChI=1S/C17H16N2O2S/c18-10-9-14-5-4-6-15(13-14)17(20)19-11-12-22(21)16-7-2-1-3-8-16/h1-8,13H,9,11-12H2,(H,19,20). The zero-order valence-corrected chi connectivity index (χ0v) is 12.8. The summed E-state index contributed by atoms with van der Waals surface area (Å²) in [5, 5.41) is 11.4. The molecule has 0 spiro atoms. The first kappa shape index (κ1) is 15.9. The van der Waals surface area contributed by atoms with Crippen LogP contribution in [0, 0.1) is 11.3 Å². The minimum atomic E-state index is -1.12. The summed E-state index contributed by atoms with van der Waals surface area (Å²) < 4.78 is 12.0. The number of carbonyl (C=O) groups excluding carboxylic acids is 1. The maximum absolute atomic E-state index is 12.0. The first-order valence-corrected chi connectivity index (χ1v) is 8.20. The van der Waals surface area contributed by atoms with Crippen LogP contribution >= 0.6 is 0 Å². The van der Waals surface area contributed by atoms with Crippen LogP contribution in [0.15, 0.2) is 59.5 Å². The van der Waals surface area contributed by atoms with Crippen molar-refractivity contribution in [3.63, 3.8) is 0 Å². The van der Waals surface area contributed by atoms with Crippen molar-refractivity contribution in [1.29, 1.82) is 5.26 Å². The van der Waals surface area contributed by atoms with Crippen LogP contribution in [0.2, 0.25) is 0 Å². The first-order chi connectivity index (χ1) is 10.7. The van der Waals surface area contributed by atoms with E-state index in [2.05, 4.69) is 11.4 Å². The second-order valence-electron chi connectivity index (χ2n) is 4.65. The lowest BCUT2D eigenvalue weighted by Gasteiger charge is -2.06. The Labute approximate surface area is 132 Å². The summed E-state index contributed by atoms with van der Waals surface area (Å²) in [5.41, 5.74) is 1.32. The van der Waals surface area contributed by atoms with Crippen LogP contribution in [0.4, 0.5) is 0 Å². The zero-order chi connectivity index (χ0) is 15.8. The van der Waals surface area contributed by atoms with Crippen molar-refractivity contribution in [2.24, 2.45) is 0 Å². The lowest BCUT2D eigenvalue weighted by atomic mass is 10.1. The highest BCUT2D eigenvalue weighted by molar-refractivity contribution is 7.85. The molecule has 1 N–H and O–H groups in total. The summed E-state index contributed by atoms with van der Waals surface area (Å²) >= 11 is 0. The highest BCUT2D eigenvalue weighted by atomic mass is 32.2. The molecule has 0 saturated carbocycles. The van der Waals surface area contributed by atoms with Crippen LogP contribution in [0.5, 0.6) is 0 Å². The van der Waals surface area contributed by atoms with Gasteiger partial charge in [0.25, 0.3) is 5.91 Å². The van der Waals surface area contributed by atoms with E-state index >= 15 is 0 Å². The fourth-order valence-electron chi connectivity index (χ4n) is 1.96. The molecule has 1 atom stereocenters. The van der Waals surface area contributed by atoms with E-state index in [-0.39, 0.29) is 12.3 Å². The second-order valence-corrected chi connectivity index (χ2v) is 6.22. The Hall–Kier alpha value is -2.45. The maximum Gasteiger partial charge on any atom is 0.251 e. The number of hydrogen-bond donors (Lipinski definition) is 1. The summed E-state index contributed by atoms with van der Waals surface area (Å²) in [7, 11) is -1.12. The van der Waals surface area contributed by atoms with Gasteiger partial charge in [-0.2, -0.15) is 5.26 Å². The van der Waals surface area contributed by atoms with Gasteiger partial charge in [0.15, 0.2) is 0 Å². The Kier molecular flexibility index (Phi) is 5.87. The first-order valence-electron chi connectivity index (χ1n) is 6.88. The van der Waals surface area contributed by atoms with E-state index in [4.69, 9.17) is 5.26 Å². The van der Waals surface area contributed by atoms with Crippen LogP contribution in [0.1, 0.15) is 15.9 Å². The summed E-state index contributed by atoms with van der Waals surface area (Å²) in [6.07, 6.45) is 0.277. The zero-order valence-electron chi connectivity index (χ0n) is 12.0. The molecule has 2 aromatic carbocycles. The minimum absolute atomic E-state index is 0.218. The number of nitrogens with zero attached hydrogens (tertiary/aromatic N) is 1. The van der Waals surface area contributed by atoms with Gasteiger partial charge in [0, 0.05) is 22.8 Å². The SMILES string of the molecule is N#CCc1cccc(C(=O)NCCS(=O)c2ccccc2)c1. The van der Waals surface area contributed by atoms with E-state index in [0.717, 1.165) is 10.5 Å². The summed E-state index contributed by atoms with van der Waals surface area (Å²) in [6, 6.07) is 18.2. The minimum Gasteiger partial charge on any atom is -0.351 e. The summed E-state index contributed by atoms with van der Waals surface area (Å²) in [5.74, 6) is 0.151. The van der Waals surface area contributed by atoms with Crippen molar-refractivity contribution < 1.29 is 9.00 Å². The van der Waals surface area contributed by atoms with Gasteiger partial charge in [-0.3, -0.25) is 9.00 Å². The molecule has 0 heterocycles. The summed E-state index contributed by atoms with van der Waals surface area (Å²) in [4.78, 5) is 12.8. The van der Waals surface area contributed by atoms with Crippen molar-refractivity contribution in [3.8, 4) is 6.07 Å². The van der Waals surface area contributed by atoms with E-state index < -0.39 is 10.8 Å². The molecule has 22 heavy (non-hydrogen) atoms. The van der Waals surface area contributed by atoms with Crippen molar-refractivity contribution in [3.05, 3.63) is 65.7 Å². The van der Waals surface area contributed by atoms with Gasteiger partial charge < -0.3 is 5.32 Å². The quantitative estimate of drug-likeness (QED) is 0.889. The third-order valence-electron chi connectivity index (χ3n) is 3.05. The molecule has 0 fully saturated rings. The number of rotatable bonds is 6. The molecule has 2 aromatic rings. The van der Waals surface area contributed by atoms with Crippen LogP contribution < -0.4 is 5.32 Å². The molecule has 1 unspecified atom stereocenters. The van der Waals surface area contributed by atoms with Crippen molar-refractivity contribution in [2.75, 3.05) is 12.3 Å². The number of nitriles is 1. The van der Waals surface area contributed by atoms with Gasteiger partial charge in [-0.25, -0.2) is 0 Å². The second kappa shape index (κ2) is 8.11. The summed E-state index contributed by atoms with van der Waals surface area (Å²) in [6.45, 7) is 0.336. The van der Waals surface area contributed by atoms with E-state index in [1.54, 1.807) is 18.2 Å². The number of carbonyl (C=O) groups is 1. The Bertz CT molecular complexity index is 708. The van der Waals surface area contributed by atoms with E-state index in [9.17, 15) is 9.00 Å². The monoisotopic (exact) mass is 312 g/mol. The molecule has 0 aromatic heterocycles. The third-order valence-corrected chi connectivity index (χ3v) is 4.42. The Morgan fingerprint density at radius 3 is 2.64 bits per heavy atom. The maximum atomic E-state index is 12.0. The van der Waals surface area contributed by atoms with Crippen molar-refractivity contribution in [1.82, 2.24) is 5.32 Å². The van der Waals surface area contributed by atoms with Gasteiger partial charge >= 0.3 is 0 Å². The molecule has 112 valence electrons. The highest BCUT2D eigenvalue weighted by Gasteiger charge is 2.07. The fourth-order valence-corrected chi connectivity index (χ4v) is 2.95. The third kappa shape index (κ3) is 4.54. The molecule has 0 aliphatic carbocycles. The van der Waals surface area contributed by atoms with Crippen molar-refractivity contribution in [2.45, 2.75) is 11.3 Å². The molecule has 0 aliphatic rings. The van der Waals surface area contributed by atoms with Gasteiger partial charge in [-0.05, 0) is 29.8 Å². The molecule has 2 rings (SSSR count). The normalized spacial score (nSPS) is 11.4. The number of hydrogen-bond acceptors (Lipinski definition) is 3. The molecular weight excluding hydrogens is 296 g/mol. The van der Waals surface area contributed by atoms with Gasteiger partial charge in [-0.15, -0.1) is 0 Å². The molecule has 0 saturated heterocycles. The molecule has 0 aliphatic heterocycles. The van der Waals surface area contributed by atoms with Crippen LogP contribution in [0.25, 0.3) is 0 Å². The molecule has 5 heteroatoms. The average molecular weight is 312 g/mol. The predicted molar refractivity (Wildman–Crippen MR) is 85.8 cm³/mol. The lowest BCUT2D eigenvalue weighted by Crippen LogP contribution is -2.27. The Balaban J connectivity index is 1.87. The van der Waals surface area contributed by atoms with Crippen molar-refractivity contribution >= 4 is 16.7 Å². The molecule has 0 bridgehead atoms. The van der Waals surface area contributed by atoms with Crippen LogP contribution in [-0.2, 0) is 17.2 Å². The molecular formula is C17H16N2O2S. The Morgan fingerprint density at radius 2 is 1.91 bits per heavy atom. The largest absolute Gasteiger partial charge is 0.351 e. The smallest absolute Gasteiger partial charge is 0.251 e. The van der Waals surface area contributed by atoms with Gasteiger partial charge in [0.2, 0.25) is 0 Å². The van der Waals surface area contributed by atoms with E-state index in [1.807, 2.05) is 36.4 Å². The number of amides is 1. The predicted octanol–water partition coefficient (Wildman–Crippen LogP) is 2.29. The average Bonchev–Trinajstić information content (AvgIpc) is 2.56.